The van der Waals surface area contributed by atoms with Gasteiger partial charge in [0.05, 0.1) is 0 Å². The van der Waals surface area contributed by atoms with Gasteiger partial charge in [-0.1, -0.05) is 29.8 Å². The summed E-state index contributed by atoms with van der Waals surface area (Å²) in [6, 6.07) is 8.63. The summed E-state index contributed by atoms with van der Waals surface area (Å²) in [6.45, 7) is 0. The van der Waals surface area contributed by atoms with E-state index in [-0.39, 0.29) is 10.8 Å². The second kappa shape index (κ2) is 3.74. The number of carbonyl (C=O) groups excluding carboxylic acids is 2. The Hall–Kier alpha value is -1.81. The van der Waals surface area contributed by atoms with E-state index in [4.69, 9.17) is 16.3 Å². The molecular formula is C10H6ClNO3. The van der Waals surface area contributed by atoms with Gasteiger partial charge in [-0.2, -0.15) is 0 Å². The minimum atomic E-state index is -0.632. The lowest BCUT2D eigenvalue weighted by Crippen LogP contribution is -2.23. The molecule has 0 bridgehead atoms. The van der Waals surface area contributed by atoms with Crippen LogP contribution in [0.25, 0.3) is 0 Å². The third-order valence-corrected chi connectivity index (χ3v) is 2.14. The Bertz CT molecular complexity index is 453. The van der Waals surface area contributed by atoms with E-state index in [1.54, 1.807) is 24.3 Å². The molecule has 0 radical (unpaired) electrons. The molecular weight excluding hydrogens is 218 g/mol. The molecule has 5 heteroatoms. The smallest absolute Gasteiger partial charge is 0.295 e. The number of halogens is 1. The van der Waals surface area contributed by atoms with Gasteiger partial charge in [-0.3, -0.25) is 14.9 Å². The molecule has 0 saturated heterocycles. The molecule has 0 unspecified atom stereocenters. The predicted molar refractivity (Wildman–Crippen MR) is 53.1 cm³/mol. The van der Waals surface area contributed by atoms with E-state index >= 15 is 0 Å². The molecule has 0 fully saturated rings. The van der Waals surface area contributed by atoms with Crippen LogP contribution in [0.5, 0.6) is 5.75 Å². The summed E-state index contributed by atoms with van der Waals surface area (Å²) in [5.41, 5.74) is 0. The van der Waals surface area contributed by atoms with Crippen LogP contribution >= 0.6 is 11.6 Å². The first-order valence-electron chi connectivity index (χ1n) is 4.17. The van der Waals surface area contributed by atoms with Crippen molar-refractivity contribution in [3.63, 3.8) is 0 Å². The number of benzene rings is 1. The van der Waals surface area contributed by atoms with Gasteiger partial charge in [0.2, 0.25) is 5.76 Å². The average molecular weight is 224 g/mol. The summed E-state index contributed by atoms with van der Waals surface area (Å²) >= 11 is 5.60. The molecule has 76 valence electrons. The number of nitrogens with one attached hydrogen (secondary N) is 1. The quantitative estimate of drug-likeness (QED) is 0.766. The van der Waals surface area contributed by atoms with Crippen molar-refractivity contribution in [1.82, 2.24) is 5.32 Å². The molecule has 0 aliphatic carbocycles. The molecule has 0 aromatic heterocycles. The zero-order valence-electron chi connectivity index (χ0n) is 7.49. The van der Waals surface area contributed by atoms with Crippen LogP contribution in [0.2, 0.25) is 0 Å². The highest BCUT2D eigenvalue weighted by Gasteiger charge is 2.31. The second-order valence-electron chi connectivity index (χ2n) is 2.84. The van der Waals surface area contributed by atoms with Gasteiger partial charge in [-0.15, -0.1) is 0 Å². The molecule has 4 nitrogen and oxygen atoms in total. The predicted octanol–water partition coefficient (Wildman–Crippen LogP) is 1.17. The largest absolute Gasteiger partial charge is 0.450 e. The second-order valence-corrected chi connectivity index (χ2v) is 3.22. The van der Waals surface area contributed by atoms with Gasteiger partial charge in [-0.25, -0.2) is 0 Å². The third-order valence-electron chi connectivity index (χ3n) is 1.80. The van der Waals surface area contributed by atoms with Crippen LogP contribution in [0.3, 0.4) is 0 Å². The molecule has 0 spiro atoms. The summed E-state index contributed by atoms with van der Waals surface area (Å²) in [5.74, 6) is -0.954. The molecule has 2 rings (SSSR count). The minimum absolute atomic E-state index is 0.159. The van der Waals surface area contributed by atoms with Crippen LogP contribution in [0.4, 0.5) is 0 Å². The number of hydrogen-bond acceptors (Lipinski definition) is 3. The van der Waals surface area contributed by atoms with Crippen molar-refractivity contribution in [3.8, 4) is 5.75 Å². The Balaban J connectivity index is 2.27. The first kappa shape index (κ1) is 9.73. The van der Waals surface area contributed by atoms with E-state index in [1.807, 2.05) is 11.4 Å². The number of imide groups is 1. The van der Waals surface area contributed by atoms with Gasteiger partial charge in [0, 0.05) is 0 Å². The van der Waals surface area contributed by atoms with Gasteiger partial charge < -0.3 is 4.74 Å². The monoisotopic (exact) mass is 223 g/mol. The summed E-state index contributed by atoms with van der Waals surface area (Å²) < 4.78 is 5.19. The van der Waals surface area contributed by atoms with E-state index in [1.165, 1.54) is 0 Å². The molecule has 1 N–H and O–H groups in total. The van der Waals surface area contributed by atoms with Gasteiger partial charge in [0.25, 0.3) is 11.8 Å². The summed E-state index contributed by atoms with van der Waals surface area (Å²) in [6.07, 6.45) is 0. The highest BCUT2D eigenvalue weighted by Crippen LogP contribution is 2.21. The van der Waals surface area contributed by atoms with Crippen LogP contribution in [0, 0.1) is 0 Å². The van der Waals surface area contributed by atoms with Crippen LogP contribution in [0.15, 0.2) is 41.1 Å². The molecule has 1 aliphatic heterocycles. The highest BCUT2D eigenvalue weighted by molar-refractivity contribution is 6.47. The molecule has 1 aliphatic rings. The number of amides is 2. The Kier molecular flexibility index (Phi) is 2.43. The van der Waals surface area contributed by atoms with E-state index in [2.05, 4.69) is 0 Å². The zero-order chi connectivity index (χ0) is 10.8. The van der Waals surface area contributed by atoms with Gasteiger partial charge in [0.1, 0.15) is 5.75 Å². The van der Waals surface area contributed by atoms with Crippen molar-refractivity contribution in [2.24, 2.45) is 0 Å². The molecule has 0 atom stereocenters. The standard InChI is InChI=1S/C10H6ClNO3/c11-7-8(10(14)12-9(7)13)15-6-4-2-1-3-5-6/h1-5H,(H,12,13,14). The van der Waals surface area contributed by atoms with Gasteiger partial charge in [0.15, 0.2) is 5.03 Å². The first-order chi connectivity index (χ1) is 7.18. The zero-order valence-corrected chi connectivity index (χ0v) is 8.25. The average Bonchev–Trinajstić information content (AvgIpc) is 2.47. The minimum Gasteiger partial charge on any atom is -0.450 e. The molecule has 1 heterocycles. The normalized spacial score (nSPS) is 15.5. The fraction of sp³-hybridized carbons (Fsp3) is 0. The maximum atomic E-state index is 11.2. The molecule has 0 saturated carbocycles. The molecule has 1 aromatic carbocycles. The third kappa shape index (κ3) is 1.85. The highest BCUT2D eigenvalue weighted by atomic mass is 35.5. The van der Waals surface area contributed by atoms with Crippen molar-refractivity contribution in [3.05, 3.63) is 41.1 Å². The molecule has 2 amide bonds. The topological polar surface area (TPSA) is 55.4 Å². The number of para-hydroxylation sites is 1. The Morgan fingerprint density at radius 2 is 1.73 bits per heavy atom. The lowest BCUT2D eigenvalue weighted by atomic mass is 10.3. The maximum absolute atomic E-state index is 11.2. The lowest BCUT2D eigenvalue weighted by molar-refractivity contribution is -0.124. The summed E-state index contributed by atoms with van der Waals surface area (Å²) in [5, 5.41) is 1.81. The van der Waals surface area contributed by atoms with E-state index in [0.29, 0.717) is 5.75 Å². The van der Waals surface area contributed by atoms with Crippen molar-refractivity contribution in [1.29, 1.82) is 0 Å². The van der Waals surface area contributed by atoms with E-state index < -0.39 is 11.8 Å². The molecule has 15 heavy (non-hydrogen) atoms. The van der Waals surface area contributed by atoms with Gasteiger partial charge >= 0.3 is 0 Å². The van der Waals surface area contributed by atoms with Crippen molar-refractivity contribution < 1.29 is 14.3 Å². The van der Waals surface area contributed by atoms with Crippen LogP contribution in [-0.4, -0.2) is 11.8 Å². The number of ether oxygens (including phenoxy) is 1. The van der Waals surface area contributed by atoms with Crippen LogP contribution < -0.4 is 10.1 Å². The first-order valence-corrected chi connectivity index (χ1v) is 4.54. The van der Waals surface area contributed by atoms with Crippen molar-refractivity contribution >= 4 is 23.4 Å². The SMILES string of the molecule is O=C1NC(=O)C(Oc2ccccc2)=C1Cl. The number of rotatable bonds is 2. The van der Waals surface area contributed by atoms with Crippen molar-refractivity contribution in [2.75, 3.05) is 0 Å². The Labute approximate surface area is 90.5 Å². The fourth-order valence-electron chi connectivity index (χ4n) is 1.12. The van der Waals surface area contributed by atoms with Crippen LogP contribution in [-0.2, 0) is 9.59 Å². The van der Waals surface area contributed by atoms with E-state index in [9.17, 15) is 9.59 Å². The Morgan fingerprint density at radius 3 is 2.27 bits per heavy atom. The van der Waals surface area contributed by atoms with Crippen LogP contribution in [0.1, 0.15) is 0 Å². The summed E-state index contributed by atoms with van der Waals surface area (Å²) in [7, 11) is 0. The molecule has 1 aromatic rings. The maximum Gasteiger partial charge on any atom is 0.295 e. The van der Waals surface area contributed by atoms with E-state index in [0.717, 1.165) is 0 Å². The lowest BCUT2D eigenvalue weighted by Gasteiger charge is -2.03. The van der Waals surface area contributed by atoms with Crippen molar-refractivity contribution in [2.45, 2.75) is 0 Å². The fourth-order valence-corrected chi connectivity index (χ4v) is 1.29. The Morgan fingerprint density at radius 1 is 1.07 bits per heavy atom. The summed E-state index contributed by atoms with van der Waals surface area (Å²) in [4.78, 5) is 22.2. The van der Waals surface area contributed by atoms with Gasteiger partial charge in [-0.05, 0) is 12.1 Å². The number of carbonyl (C=O) groups is 2. The number of hydrogen-bond donors (Lipinski definition) is 1.